The molecule has 14 heavy (non-hydrogen) atoms. The zero-order chi connectivity index (χ0) is 10.6. The van der Waals surface area contributed by atoms with Crippen LogP contribution in [0.3, 0.4) is 0 Å². The highest BCUT2D eigenvalue weighted by atomic mass is 35.5. The zero-order valence-corrected chi connectivity index (χ0v) is 8.80. The minimum atomic E-state index is 0.159. The second-order valence-electron chi connectivity index (χ2n) is 2.85. The fraction of sp³-hybridized carbons (Fsp3) is 0.200. The normalized spacial score (nSPS) is 11.5. The Hall–Kier alpha value is -1.19. The predicted octanol–water partition coefficient (Wildman–Crippen LogP) is 2.39. The maximum Gasteiger partial charge on any atom is 0.125 e. The van der Waals surface area contributed by atoms with Crippen molar-refractivity contribution in [2.45, 2.75) is 6.92 Å². The molecule has 0 spiro atoms. The van der Waals surface area contributed by atoms with Gasteiger partial charge in [-0.25, -0.2) is 0 Å². The first-order valence-electron chi connectivity index (χ1n) is 4.08. The van der Waals surface area contributed by atoms with Crippen molar-refractivity contribution in [2.75, 3.05) is 7.11 Å². The summed E-state index contributed by atoms with van der Waals surface area (Å²) >= 11 is 5.59. The molecule has 0 saturated heterocycles. The molecule has 0 fully saturated rings. The Labute approximate surface area is 87.9 Å². The van der Waals surface area contributed by atoms with E-state index in [1.54, 1.807) is 6.07 Å². The van der Waals surface area contributed by atoms with Crippen molar-refractivity contribution in [3.05, 3.63) is 34.9 Å². The Balaban J connectivity index is 3.09. The van der Waals surface area contributed by atoms with Crippen LogP contribution in [0, 0.1) is 6.92 Å². The fourth-order valence-electron chi connectivity index (χ4n) is 1.11. The molecule has 2 N–H and O–H groups in total. The summed E-state index contributed by atoms with van der Waals surface area (Å²) in [6, 6.07) is 5.25. The lowest BCUT2D eigenvalue weighted by molar-refractivity contribution is 0.136. The molecular formula is C10H12ClNO2. The molecule has 3 nitrogen and oxygen atoms in total. The molecule has 0 bridgehead atoms. The van der Waals surface area contributed by atoms with E-state index in [1.807, 2.05) is 19.1 Å². The highest BCUT2D eigenvalue weighted by Crippen LogP contribution is 2.24. The lowest BCUT2D eigenvalue weighted by atomic mass is 10.1. The highest BCUT2D eigenvalue weighted by Gasteiger charge is 2.06. The van der Waals surface area contributed by atoms with E-state index in [1.165, 1.54) is 12.6 Å². The average molecular weight is 214 g/mol. The number of hydroxylamine groups is 1. The molecule has 0 aliphatic carbocycles. The van der Waals surface area contributed by atoms with Gasteiger partial charge in [-0.15, -0.1) is 0 Å². The summed E-state index contributed by atoms with van der Waals surface area (Å²) in [5, 5.41) is 9.57. The van der Waals surface area contributed by atoms with Crippen molar-refractivity contribution in [3.8, 4) is 5.75 Å². The van der Waals surface area contributed by atoms with Crippen molar-refractivity contribution in [2.24, 2.45) is 0 Å². The number of nitrogens with one attached hydrogen (secondary N) is 1. The summed E-state index contributed by atoms with van der Waals surface area (Å²) in [5.74, 6) is 0.159. The summed E-state index contributed by atoms with van der Waals surface area (Å²) in [4.78, 5) is 4.73. The molecule has 4 heteroatoms. The lowest BCUT2D eigenvalue weighted by Gasteiger charge is -2.10. The molecule has 1 aromatic rings. The predicted molar refractivity (Wildman–Crippen MR) is 56.8 cm³/mol. The number of rotatable bonds is 3. The third-order valence-corrected chi connectivity index (χ3v) is 1.98. The number of phenolic OH excluding ortho intramolecular Hbond substituents is 1. The quantitative estimate of drug-likeness (QED) is 0.758. The van der Waals surface area contributed by atoms with Gasteiger partial charge in [0, 0.05) is 11.1 Å². The van der Waals surface area contributed by atoms with Gasteiger partial charge >= 0.3 is 0 Å². The van der Waals surface area contributed by atoms with E-state index in [0.29, 0.717) is 11.3 Å². The molecule has 0 aliphatic heterocycles. The fourth-order valence-corrected chi connectivity index (χ4v) is 1.27. The van der Waals surface area contributed by atoms with E-state index in [0.717, 1.165) is 5.56 Å². The monoisotopic (exact) mass is 213 g/mol. The Morgan fingerprint density at radius 1 is 1.57 bits per heavy atom. The molecule has 0 aromatic heterocycles. The Bertz CT molecular complexity index is 350. The lowest BCUT2D eigenvalue weighted by Crippen LogP contribution is -2.09. The van der Waals surface area contributed by atoms with Crippen LogP contribution < -0.4 is 5.48 Å². The number of phenols is 1. The Kier molecular flexibility index (Phi) is 3.80. The first-order chi connectivity index (χ1) is 6.69. The van der Waals surface area contributed by atoms with Crippen LogP contribution >= 0.6 is 11.6 Å². The second-order valence-corrected chi connectivity index (χ2v) is 3.07. The number of aromatic hydroxyl groups is 1. The van der Waals surface area contributed by atoms with Crippen molar-refractivity contribution in [1.29, 1.82) is 0 Å². The molecule has 0 heterocycles. The van der Waals surface area contributed by atoms with Gasteiger partial charge in [0.05, 0.1) is 12.8 Å². The second kappa shape index (κ2) is 4.88. The minimum Gasteiger partial charge on any atom is -0.507 e. The molecule has 0 saturated carbocycles. The van der Waals surface area contributed by atoms with E-state index < -0.39 is 0 Å². The summed E-state index contributed by atoms with van der Waals surface area (Å²) in [6.07, 6.45) is 0. The Morgan fingerprint density at radius 3 is 2.86 bits per heavy atom. The van der Waals surface area contributed by atoms with E-state index >= 15 is 0 Å². The SMILES string of the molecule is CONC(=CCl)c1cc(C)ccc1O. The number of hydrogen-bond donors (Lipinski definition) is 2. The van der Waals surface area contributed by atoms with E-state index in [9.17, 15) is 5.11 Å². The standard InChI is InChI=1S/C10H12ClNO2/c1-7-3-4-10(13)8(5-7)9(6-11)12-14-2/h3-6,12-13H,1-2H3. The number of aryl methyl sites for hydroxylation is 1. The number of hydrogen-bond acceptors (Lipinski definition) is 3. The summed E-state index contributed by atoms with van der Waals surface area (Å²) in [7, 11) is 1.48. The smallest absolute Gasteiger partial charge is 0.125 e. The van der Waals surface area contributed by atoms with Crippen LogP contribution in [0.25, 0.3) is 5.70 Å². The van der Waals surface area contributed by atoms with Gasteiger partial charge in [-0.3, -0.25) is 10.3 Å². The summed E-state index contributed by atoms with van der Waals surface area (Å²) in [5.41, 5.74) is 6.07. The van der Waals surface area contributed by atoms with Gasteiger partial charge < -0.3 is 5.11 Å². The van der Waals surface area contributed by atoms with Gasteiger partial charge in [0.2, 0.25) is 0 Å². The number of benzene rings is 1. The molecule has 1 aromatic carbocycles. The van der Waals surface area contributed by atoms with Gasteiger partial charge in [-0.05, 0) is 19.1 Å². The summed E-state index contributed by atoms with van der Waals surface area (Å²) < 4.78 is 0. The maximum atomic E-state index is 9.57. The first-order valence-corrected chi connectivity index (χ1v) is 4.52. The number of halogens is 1. The molecule has 1 rings (SSSR count). The van der Waals surface area contributed by atoms with Crippen molar-refractivity contribution in [3.63, 3.8) is 0 Å². The van der Waals surface area contributed by atoms with Crippen molar-refractivity contribution >= 4 is 17.3 Å². The van der Waals surface area contributed by atoms with E-state index in [4.69, 9.17) is 16.4 Å². The highest BCUT2D eigenvalue weighted by molar-refractivity contribution is 6.28. The van der Waals surface area contributed by atoms with Crippen LogP contribution in [0.5, 0.6) is 5.75 Å². The zero-order valence-electron chi connectivity index (χ0n) is 8.04. The van der Waals surface area contributed by atoms with Gasteiger partial charge in [-0.2, -0.15) is 0 Å². The molecule has 0 radical (unpaired) electrons. The molecule has 0 aliphatic rings. The van der Waals surface area contributed by atoms with Crippen LogP contribution in [0.15, 0.2) is 23.7 Å². The third kappa shape index (κ3) is 2.40. The van der Waals surface area contributed by atoms with Crippen molar-refractivity contribution in [1.82, 2.24) is 5.48 Å². The van der Waals surface area contributed by atoms with E-state index in [-0.39, 0.29) is 5.75 Å². The molecule has 0 atom stereocenters. The van der Waals surface area contributed by atoms with Gasteiger partial charge in [0.1, 0.15) is 5.75 Å². The van der Waals surface area contributed by atoms with Crippen LogP contribution in [0.4, 0.5) is 0 Å². The van der Waals surface area contributed by atoms with Crippen LogP contribution in [-0.4, -0.2) is 12.2 Å². The van der Waals surface area contributed by atoms with Gasteiger partial charge in [0.25, 0.3) is 0 Å². The van der Waals surface area contributed by atoms with Crippen LogP contribution in [0.2, 0.25) is 0 Å². The Morgan fingerprint density at radius 2 is 2.29 bits per heavy atom. The molecule has 0 amide bonds. The maximum absolute atomic E-state index is 9.57. The topological polar surface area (TPSA) is 41.5 Å². The molecular weight excluding hydrogens is 202 g/mol. The largest absolute Gasteiger partial charge is 0.507 e. The van der Waals surface area contributed by atoms with Gasteiger partial charge in [-0.1, -0.05) is 23.2 Å². The van der Waals surface area contributed by atoms with Gasteiger partial charge in [0.15, 0.2) is 0 Å². The molecule has 0 unspecified atom stereocenters. The average Bonchev–Trinajstić information content (AvgIpc) is 2.18. The first kappa shape index (κ1) is 10.9. The minimum absolute atomic E-state index is 0.159. The third-order valence-electron chi connectivity index (χ3n) is 1.76. The van der Waals surface area contributed by atoms with Crippen molar-refractivity contribution < 1.29 is 9.94 Å². The summed E-state index contributed by atoms with van der Waals surface area (Å²) in [6.45, 7) is 1.93. The van der Waals surface area contributed by atoms with Crippen LogP contribution in [0.1, 0.15) is 11.1 Å². The van der Waals surface area contributed by atoms with Crippen LogP contribution in [-0.2, 0) is 4.84 Å². The van der Waals surface area contributed by atoms with E-state index in [2.05, 4.69) is 5.48 Å². The molecule has 76 valence electrons.